The van der Waals surface area contributed by atoms with Crippen LogP contribution in [0.15, 0.2) is 23.3 Å². The van der Waals surface area contributed by atoms with Gasteiger partial charge in [-0.3, -0.25) is 0 Å². The van der Waals surface area contributed by atoms with Gasteiger partial charge >= 0.3 is 0 Å². The van der Waals surface area contributed by atoms with Gasteiger partial charge in [-0.2, -0.15) is 0 Å². The predicted molar refractivity (Wildman–Crippen MR) is 57.6 cm³/mol. The highest BCUT2D eigenvalue weighted by Crippen LogP contribution is 2.13. The third kappa shape index (κ3) is 5.31. The molecule has 0 aliphatic rings. The molecular weight excluding hydrogens is 224 g/mol. The van der Waals surface area contributed by atoms with Gasteiger partial charge in [0.05, 0.1) is 25.2 Å². The lowest BCUT2D eigenvalue weighted by Crippen LogP contribution is -2.29. The molecular formula is C12H16O5-2. The summed E-state index contributed by atoms with van der Waals surface area (Å²) in [6.45, 7) is 6.43. The van der Waals surface area contributed by atoms with E-state index in [1.165, 1.54) is 0 Å². The van der Waals surface area contributed by atoms with Crippen molar-refractivity contribution in [3.63, 3.8) is 0 Å². The van der Waals surface area contributed by atoms with Crippen molar-refractivity contribution < 1.29 is 24.5 Å². The molecule has 0 saturated carbocycles. The van der Waals surface area contributed by atoms with E-state index >= 15 is 0 Å². The highest BCUT2D eigenvalue weighted by atomic mass is 16.5. The molecule has 17 heavy (non-hydrogen) atoms. The minimum absolute atomic E-state index is 0.0705. The number of carbonyl (C=O) groups excluding carboxylic acids is 2. The highest BCUT2D eigenvalue weighted by molar-refractivity contribution is 5.86. The van der Waals surface area contributed by atoms with Crippen molar-refractivity contribution in [3.8, 4) is 0 Å². The molecule has 5 heteroatoms. The Labute approximate surface area is 100 Å². The number of hydrogen-bond acceptors (Lipinski definition) is 5. The van der Waals surface area contributed by atoms with Gasteiger partial charge in [0.2, 0.25) is 0 Å². The summed E-state index contributed by atoms with van der Waals surface area (Å²) in [5, 5.41) is 21.2. The van der Waals surface area contributed by atoms with E-state index in [4.69, 9.17) is 4.74 Å². The van der Waals surface area contributed by atoms with E-state index in [9.17, 15) is 19.8 Å². The molecule has 5 nitrogen and oxygen atoms in total. The molecule has 0 aromatic rings. The van der Waals surface area contributed by atoms with E-state index in [-0.39, 0.29) is 24.4 Å². The number of carbonyl (C=O) groups is 2. The van der Waals surface area contributed by atoms with Crippen LogP contribution in [0.5, 0.6) is 0 Å². The van der Waals surface area contributed by atoms with Crippen molar-refractivity contribution in [2.45, 2.75) is 26.7 Å². The van der Waals surface area contributed by atoms with Crippen LogP contribution in [0.25, 0.3) is 0 Å². The van der Waals surface area contributed by atoms with Crippen LogP contribution in [0.1, 0.15) is 26.7 Å². The first-order valence-corrected chi connectivity index (χ1v) is 5.33. The fourth-order valence-corrected chi connectivity index (χ4v) is 1.32. The Hall–Kier alpha value is -1.62. The first-order valence-electron chi connectivity index (χ1n) is 5.33. The topological polar surface area (TPSA) is 89.5 Å². The van der Waals surface area contributed by atoms with Crippen LogP contribution in [0.2, 0.25) is 0 Å². The summed E-state index contributed by atoms with van der Waals surface area (Å²) in [5.41, 5.74) is 0.572. The second-order valence-corrected chi connectivity index (χ2v) is 3.46. The molecule has 0 aliphatic heterocycles. The van der Waals surface area contributed by atoms with E-state index in [2.05, 4.69) is 6.58 Å². The Morgan fingerprint density at radius 3 is 1.94 bits per heavy atom. The molecule has 0 N–H and O–H groups in total. The number of aliphatic carboxylic acids is 2. The summed E-state index contributed by atoms with van der Waals surface area (Å²) in [6, 6.07) is 0. The molecule has 0 unspecified atom stereocenters. The van der Waals surface area contributed by atoms with Gasteiger partial charge in [0.1, 0.15) is 0 Å². The summed E-state index contributed by atoms with van der Waals surface area (Å²) in [5.74, 6) is -2.70. The summed E-state index contributed by atoms with van der Waals surface area (Å²) < 4.78 is 4.97. The fourth-order valence-electron chi connectivity index (χ4n) is 1.32. The zero-order valence-electron chi connectivity index (χ0n) is 10.1. The van der Waals surface area contributed by atoms with Crippen molar-refractivity contribution in [3.05, 3.63) is 23.3 Å². The molecule has 0 spiro atoms. The van der Waals surface area contributed by atoms with Gasteiger partial charge in [-0.1, -0.05) is 26.0 Å². The molecule has 0 amide bonds. The molecule has 0 aromatic heterocycles. The second-order valence-electron chi connectivity index (χ2n) is 3.46. The van der Waals surface area contributed by atoms with Gasteiger partial charge in [0.25, 0.3) is 0 Å². The van der Waals surface area contributed by atoms with E-state index in [1.807, 2.05) is 13.8 Å². The zero-order chi connectivity index (χ0) is 13.4. The lowest BCUT2D eigenvalue weighted by atomic mass is 10.0. The Kier molecular flexibility index (Phi) is 6.89. The van der Waals surface area contributed by atoms with Gasteiger partial charge in [0.15, 0.2) is 0 Å². The van der Waals surface area contributed by atoms with Gasteiger partial charge in [0, 0.05) is 0 Å². The summed E-state index contributed by atoms with van der Waals surface area (Å²) >= 11 is 0. The predicted octanol–water partition coefficient (Wildman–Crippen LogP) is -0.824. The van der Waals surface area contributed by atoms with Crippen LogP contribution in [0, 0.1) is 0 Å². The molecule has 0 fully saturated rings. The SMILES string of the molecule is C=C(COCC(C(=O)[O-])=C(CC)CC)C(=O)[O-]. The van der Waals surface area contributed by atoms with E-state index in [0.29, 0.717) is 12.8 Å². The van der Waals surface area contributed by atoms with Crippen molar-refractivity contribution >= 4 is 11.9 Å². The molecule has 0 aliphatic carbocycles. The van der Waals surface area contributed by atoms with E-state index in [1.54, 1.807) is 0 Å². The number of hydrogen-bond donors (Lipinski definition) is 0. The maximum Gasteiger partial charge on any atom is 0.0738 e. The third-order valence-corrected chi connectivity index (χ3v) is 2.34. The fraction of sp³-hybridized carbons (Fsp3) is 0.500. The van der Waals surface area contributed by atoms with Gasteiger partial charge in [-0.15, -0.1) is 0 Å². The van der Waals surface area contributed by atoms with Crippen molar-refractivity contribution in [1.82, 2.24) is 0 Å². The zero-order valence-corrected chi connectivity index (χ0v) is 10.1. The molecule has 0 aromatic carbocycles. The number of allylic oxidation sites excluding steroid dienone is 1. The number of rotatable bonds is 8. The van der Waals surface area contributed by atoms with Gasteiger partial charge in [-0.05, 0) is 24.0 Å². The molecule has 0 rings (SSSR count). The average Bonchev–Trinajstić information content (AvgIpc) is 2.27. The maximum absolute atomic E-state index is 10.9. The number of ether oxygens (including phenoxy) is 1. The summed E-state index contributed by atoms with van der Waals surface area (Å²) in [7, 11) is 0. The standard InChI is InChI=1S/C12H18O5/c1-4-9(5-2)10(12(15)16)7-17-6-8(3)11(13)14/h3-7H2,1-2H3,(H,13,14)(H,15,16)/p-2. The average molecular weight is 240 g/mol. The van der Waals surface area contributed by atoms with Crippen LogP contribution in [-0.2, 0) is 14.3 Å². The highest BCUT2D eigenvalue weighted by Gasteiger charge is 2.06. The third-order valence-electron chi connectivity index (χ3n) is 2.34. The van der Waals surface area contributed by atoms with E-state index in [0.717, 1.165) is 5.57 Å². The first-order chi connectivity index (χ1) is 7.93. The number of carboxylic acid groups (broad SMARTS) is 2. The lowest BCUT2D eigenvalue weighted by Gasteiger charge is -2.15. The summed E-state index contributed by atoms with van der Waals surface area (Å²) in [4.78, 5) is 21.2. The van der Waals surface area contributed by atoms with Crippen molar-refractivity contribution in [1.29, 1.82) is 0 Å². The van der Waals surface area contributed by atoms with Crippen LogP contribution >= 0.6 is 0 Å². The molecule has 0 heterocycles. The van der Waals surface area contributed by atoms with Crippen LogP contribution in [-0.4, -0.2) is 25.2 Å². The maximum atomic E-state index is 10.9. The van der Waals surface area contributed by atoms with Gasteiger partial charge < -0.3 is 24.5 Å². The normalized spacial score (nSPS) is 9.76. The molecule has 0 bridgehead atoms. The van der Waals surface area contributed by atoms with Crippen molar-refractivity contribution in [2.24, 2.45) is 0 Å². The van der Waals surface area contributed by atoms with E-state index < -0.39 is 11.9 Å². The second kappa shape index (κ2) is 7.62. The smallest absolute Gasteiger partial charge is 0.0738 e. The monoisotopic (exact) mass is 240 g/mol. The van der Waals surface area contributed by atoms with Crippen molar-refractivity contribution in [2.75, 3.05) is 13.2 Å². The number of carboxylic acids is 2. The molecule has 0 saturated heterocycles. The van der Waals surface area contributed by atoms with Crippen LogP contribution < -0.4 is 10.2 Å². The molecule has 96 valence electrons. The quantitative estimate of drug-likeness (QED) is 0.517. The summed E-state index contributed by atoms with van der Waals surface area (Å²) in [6.07, 6.45) is 1.18. The Morgan fingerprint density at radius 2 is 1.59 bits per heavy atom. The Morgan fingerprint density at radius 1 is 1.06 bits per heavy atom. The lowest BCUT2D eigenvalue weighted by molar-refractivity contribution is -0.300. The minimum atomic E-state index is -1.41. The largest absolute Gasteiger partial charge is 0.545 e. The molecule has 0 radical (unpaired) electrons. The Balaban J connectivity index is 4.50. The Bertz CT molecular complexity index is 335. The first kappa shape index (κ1) is 15.4. The van der Waals surface area contributed by atoms with Crippen LogP contribution in [0.3, 0.4) is 0 Å². The molecule has 0 atom stereocenters. The van der Waals surface area contributed by atoms with Gasteiger partial charge in [-0.25, -0.2) is 0 Å². The minimum Gasteiger partial charge on any atom is -0.545 e. The van der Waals surface area contributed by atoms with Crippen LogP contribution in [0.4, 0.5) is 0 Å².